The number of benzene rings is 1. The minimum absolute atomic E-state index is 0. The number of hydrogen-bond donors (Lipinski definition) is 0. The van der Waals surface area contributed by atoms with Crippen LogP contribution in [0.2, 0.25) is 0 Å². The zero-order chi connectivity index (χ0) is 23.9. The van der Waals surface area contributed by atoms with Crippen molar-refractivity contribution in [2.24, 2.45) is 41.4 Å². The van der Waals surface area contributed by atoms with E-state index in [2.05, 4.69) is 52.0 Å². The first kappa shape index (κ1) is 26.3. The predicted octanol–water partition coefficient (Wildman–Crippen LogP) is 11.7. The lowest BCUT2D eigenvalue weighted by atomic mass is 9.68. The average Bonchev–Trinajstić information content (AvgIpc) is 2.87. The Labute approximate surface area is 219 Å². The van der Waals surface area contributed by atoms with E-state index in [9.17, 15) is 0 Å². The monoisotopic (exact) mass is 473 g/mol. The maximum absolute atomic E-state index is 2.44. The third-order valence-electron chi connectivity index (χ3n) is 10.8. The SMILES string of the molecule is CC1CCC(C2CCC(C)CC2)CC1.Cc1ccc(C2CCC(C3CCC(C)CC3)CC2)cc1.[HH].[HH].[HH].[HH]. The molecule has 5 rings (SSSR count). The van der Waals surface area contributed by atoms with E-state index < -0.39 is 0 Å². The Morgan fingerprint density at radius 3 is 1.06 bits per heavy atom. The second-order valence-corrected chi connectivity index (χ2v) is 13.6. The first-order chi connectivity index (χ1) is 16.5. The summed E-state index contributed by atoms with van der Waals surface area (Å²) in [6.07, 6.45) is 24.0. The summed E-state index contributed by atoms with van der Waals surface area (Å²) >= 11 is 0. The summed E-state index contributed by atoms with van der Waals surface area (Å²) in [5, 5.41) is 0. The fraction of sp³-hybridized carbons (Fsp3) is 0.824. The molecule has 0 aromatic heterocycles. The van der Waals surface area contributed by atoms with Crippen LogP contribution in [0, 0.1) is 48.3 Å². The molecule has 0 unspecified atom stereocenters. The van der Waals surface area contributed by atoms with Crippen molar-refractivity contribution in [2.75, 3.05) is 0 Å². The molecule has 0 heterocycles. The van der Waals surface area contributed by atoms with Crippen molar-refractivity contribution in [3.63, 3.8) is 0 Å². The van der Waals surface area contributed by atoms with E-state index in [-0.39, 0.29) is 5.71 Å². The maximum atomic E-state index is 2.44. The van der Waals surface area contributed by atoms with E-state index in [0.29, 0.717) is 0 Å². The first-order valence-corrected chi connectivity index (χ1v) is 15.5. The normalized spacial score (nSPS) is 39.1. The van der Waals surface area contributed by atoms with Gasteiger partial charge in [0.2, 0.25) is 0 Å². The van der Waals surface area contributed by atoms with E-state index in [0.717, 1.165) is 47.3 Å². The van der Waals surface area contributed by atoms with Gasteiger partial charge in [0.1, 0.15) is 0 Å². The molecule has 0 heteroatoms. The van der Waals surface area contributed by atoms with Crippen molar-refractivity contribution < 1.29 is 5.71 Å². The van der Waals surface area contributed by atoms with Crippen molar-refractivity contribution in [3.05, 3.63) is 35.4 Å². The molecule has 4 fully saturated rings. The van der Waals surface area contributed by atoms with Gasteiger partial charge in [-0.3, -0.25) is 0 Å². The fourth-order valence-electron chi connectivity index (χ4n) is 8.03. The molecular formula is C34H64. The summed E-state index contributed by atoms with van der Waals surface area (Å²) in [6.45, 7) is 9.48. The van der Waals surface area contributed by atoms with E-state index in [1.807, 2.05) is 0 Å². The number of rotatable bonds is 3. The van der Waals surface area contributed by atoms with E-state index in [4.69, 9.17) is 0 Å². The van der Waals surface area contributed by atoms with Crippen LogP contribution in [-0.4, -0.2) is 0 Å². The van der Waals surface area contributed by atoms with Gasteiger partial charge >= 0.3 is 0 Å². The summed E-state index contributed by atoms with van der Waals surface area (Å²) in [5.74, 6) is 8.21. The Bertz CT molecular complexity index is 668. The summed E-state index contributed by atoms with van der Waals surface area (Å²) < 4.78 is 0. The summed E-state index contributed by atoms with van der Waals surface area (Å²) in [6, 6.07) is 9.29. The molecule has 4 aliphatic carbocycles. The molecule has 200 valence electrons. The van der Waals surface area contributed by atoms with Crippen molar-refractivity contribution in [3.8, 4) is 0 Å². The number of hydrogen-bond acceptors (Lipinski definition) is 0. The summed E-state index contributed by atoms with van der Waals surface area (Å²) in [7, 11) is 0. The van der Waals surface area contributed by atoms with Crippen molar-refractivity contribution in [2.45, 2.75) is 136 Å². The quantitative estimate of drug-likeness (QED) is 0.410. The predicted molar refractivity (Wildman–Crippen MR) is 158 cm³/mol. The van der Waals surface area contributed by atoms with Crippen LogP contribution in [0.15, 0.2) is 24.3 Å². The Morgan fingerprint density at radius 2 is 0.735 bits per heavy atom. The van der Waals surface area contributed by atoms with Gasteiger partial charge in [-0.05, 0) is 124 Å². The van der Waals surface area contributed by atoms with Crippen molar-refractivity contribution in [1.29, 1.82) is 0 Å². The molecular weight excluding hydrogens is 408 g/mol. The highest BCUT2D eigenvalue weighted by atomic mass is 14.4. The Kier molecular flexibility index (Phi) is 10.0. The van der Waals surface area contributed by atoms with Crippen LogP contribution in [-0.2, 0) is 0 Å². The van der Waals surface area contributed by atoms with Gasteiger partial charge in [-0.2, -0.15) is 0 Å². The van der Waals surface area contributed by atoms with Gasteiger partial charge < -0.3 is 0 Å². The number of aryl methyl sites for hydroxylation is 1. The van der Waals surface area contributed by atoms with Crippen LogP contribution in [0.1, 0.15) is 146 Å². The molecule has 0 aliphatic heterocycles. The third-order valence-corrected chi connectivity index (χ3v) is 10.8. The topological polar surface area (TPSA) is 0 Å². The molecule has 0 nitrogen and oxygen atoms in total. The molecule has 1 aromatic carbocycles. The lowest BCUT2D eigenvalue weighted by molar-refractivity contribution is 0.155. The van der Waals surface area contributed by atoms with Gasteiger partial charge in [0, 0.05) is 5.71 Å². The molecule has 34 heavy (non-hydrogen) atoms. The standard InChI is InChI=1S/C20H30.C14H26.4H2/c1-15-3-7-17(8-4-15)19-11-13-20(14-12-19)18-9-5-16(2)6-10-18;1-11-3-7-13(8-4-11)14-9-5-12(2)6-10-14;;;;/h3-4,7-8,16,18-20H,5-6,9-14H2,1-2H3;11-14H,3-10H2,1-2H3;4*1H. The van der Waals surface area contributed by atoms with Crippen LogP contribution < -0.4 is 0 Å². The molecule has 0 radical (unpaired) electrons. The minimum atomic E-state index is 0. The molecule has 0 spiro atoms. The zero-order valence-corrected chi connectivity index (χ0v) is 23.2. The Morgan fingerprint density at radius 1 is 0.441 bits per heavy atom. The van der Waals surface area contributed by atoms with E-state index in [1.165, 1.54) is 82.6 Å². The van der Waals surface area contributed by atoms with E-state index >= 15 is 0 Å². The largest absolute Gasteiger partial charge is 0.0625 e. The van der Waals surface area contributed by atoms with Gasteiger partial charge in [-0.25, -0.2) is 0 Å². The van der Waals surface area contributed by atoms with Crippen molar-refractivity contribution >= 4 is 0 Å². The minimum Gasteiger partial charge on any atom is -0.0625 e. The molecule has 0 amide bonds. The highest BCUT2D eigenvalue weighted by Crippen LogP contribution is 2.44. The van der Waals surface area contributed by atoms with Crippen LogP contribution in [0.5, 0.6) is 0 Å². The Hall–Kier alpha value is -0.780. The Balaban J connectivity index is 0.000000683. The lowest BCUT2D eigenvalue weighted by Gasteiger charge is -2.37. The second-order valence-electron chi connectivity index (χ2n) is 13.6. The van der Waals surface area contributed by atoms with E-state index in [1.54, 1.807) is 31.2 Å². The molecule has 0 N–H and O–H groups in total. The van der Waals surface area contributed by atoms with Gasteiger partial charge in [-0.15, -0.1) is 0 Å². The fourth-order valence-corrected chi connectivity index (χ4v) is 8.03. The molecule has 0 saturated heterocycles. The maximum Gasteiger partial charge on any atom is 0 e. The third kappa shape index (κ3) is 7.61. The first-order valence-electron chi connectivity index (χ1n) is 15.5. The van der Waals surface area contributed by atoms with Gasteiger partial charge in [0.25, 0.3) is 0 Å². The molecule has 4 saturated carbocycles. The van der Waals surface area contributed by atoms with Crippen LogP contribution in [0.4, 0.5) is 0 Å². The highest BCUT2D eigenvalue weighted by molar-refractivity contribution is 5.24. The average molecular weight is 473 g/mol. The second kappa shape index (κ2) is 13.0. The van der Waals surface area contributed by atoms with Gasteiger partial charge in [-0.1, -0.05) is 89.1 Å². The van der Waals surface area contributed by atoms with Crippen LogP contribution in [0.25, 0.3) is 0 Å². The highest BCUT2D eigenvalue weighted by Gasteiger charge is 2.30. The smallest absolute Gasteiger partial charge is 0 e. The summed E-state index contributed by atoms with van der Waals surface area (Å²) in [5.41, 5.74) is 2.98. The van der Waals surface area contributed by atoms with Gasteiger partial charge in [0.15, 0.2) is 0 Å². The van der Waals surface area contributed by atoms with Crippen molar-refractivity contribution in [1.82, 2.24) is 0 Å². The molecule has 0 atom stereocenters. The molecule has 0 bridgehead atoms. The lowest BCUT2D eigenvalue weighted by Crippen LogP contribution is -2.24. The van der Waals surface area contributed by atoms with Crippen LogP contribution in [0.3, 0.4) is 0 Å². The molecule has 1 aromatic rings. The zero-order valence-electron chi connectivity index (χ0n) is 23.2. The summed E-state index contributed by atoms with van der Waals surface area (Å²) in [4.78, 5) is 0. The molecule has 4 aliphatic rings. The van der Waals surface area contributed by atoms with Crippen LogP contribution >= 0.6 is 0 Å². The van der Waals surface area contributed by atoms with Gasteiger partial charge in [0.05, 0.1) is 0 Å².